The lowest BCUT2D eigenvalue weighted by Gasteiger charge is -2.29. The van der Waals surface area contributed by atoms with Gasteiger partial charge in [-0.25, -0.2) is 0 Å². The second-order valence-electron chi connectivity index (χ2n) is 4.97. The van der Waals surface area contributed by atoms with Gasteiger partial charge < -0.3 is 4.90 Å². The van der Waals surface area contributed by atoms with Gasteiger partial charge in [0.15, 0.2) is 0 Å². The van der Waals surface area contributed by atoms with Crippen molar-refractivity contribution in [1.29, 1.82) is 5.41 Å². The molecule has 0 spiro atoms. The van der Waals surface area contributed by atoms with Crippen molar-refractivity contribution in [3.63, 3.8) is 0 Å². The van der Waals surface area contributed by atoms with Crippen LogP contribution in [0.4, 0.5) is 0 Å². The summed E-state index contributed by atoms with van der Waals surface area (Å²) in [6, 6.07) is 10.6. The second-order valence-corrected chi connectivity index (χ2v) is 4.97. The summed E-state index contributed by atoms with van der Waals surface area (Å²) in [6.45, 7) is 0. The smallest absolute Gasteiger partial charge is 0.128 e. The molecular weight excluding hydrogens is 208 g/mol. The molecular formula is C15H22N2. The molecule has 0 bridgehead atoms. The fourth-order valence-corrected chi connectivity index (χ4v) is 2.63. The third kappa shape index (κ3) is 3.09. The third-order valence-electron chi connectivity index (χ3n) is 3.77. The van der Waals surface area contributed by atoms with Gasteiger partial charge in [0.25, 0.3) is 0 Å². The van der Waals surface area contributed by atoms with Crippen LogP contribution in [0.25, 0.3) is 0 Å². The summed E-state index contributed by atoms with van der Waals surface area (Å²) in [5, 5.41) is 8.27. The molecule has 0 amide bonds. The van der Waals surface area contributed by atoms with E-state index in [0.29, 0.717) is 11.9 Å². The lowest BCUT2D eigenvalue weighted by molar-refractivity contribution is 0.329. The van der Waals surface area contributed by atoms with Crippen LogP contribution in [0, 0.1) is 5.41 Å². The molecule has 2 heteroatoms. The van der Waals surface area contributed by atoms with E-state index in [0.717, 1.165) is 5.56 Å². The minimum atomic E-state index is 0.560. The second kappa shape index (κ2) is 5.85. The van der Waals surface area contributed by atoms with Crippen LogP contribution in [0.1, 0.15) is 44.1 Å². The zero-order valence-electron chi connectivity index (χ0n) is 10.7. The highest BCUT2D eigenvalue weighted by molar-refractivity contribution is 5.96. The Balaban J connectivity index is 2.03. The average Bonchev–Trinajstić information content (AvgIpc) is 2.67. The summed E-state index contributed by atoms with van der Waals surface area (Å²) < 4.78 is 0. The molecule has 0 saturated heterocycles. The van der Waals surface area contributed by atoms with Crippen molar-refractivity contribution in [3.8, 4) is 0 Å². The first-order chi connectivity index (χ1) is 8.29. The molecule has 2 rings (SSSR count). The Kier molecular flexibility index (Phi) is 4.18. The normalized spacial score (nSPS) is 17.5. The SMILES string of the molecule is CN(C(=N)c1ccccc1)C1CCCCCC1. The zero-order valence-corrected chi connectivity index (χ0v) is 10.7. The van der Waals surface area contributed by atoms with E-state index >= 15 is 0 Å². The maximum atomic E-state index is 8.27. The Bertz CT molecular complexity index is 350. The third-order valence-corrected chi connectivity index (χ3v) is 3.77. The highest BCUT2D eigenvalue weighted by Gasteiger charge is 2.19. The van der Waals surface area contributed by atoms with Gasteiger partial charge in [0.05, 0.1) is 0 Å². The van der Waals surface area contributed by atoms with Crippen LogP contribution in [-0.4, -0.2) is 23.8 Å². The molecule has 0 aromatic heterocycles. The summed E-state index contributed by atoms with van der Waals surface area (Å²) in [4.78, 5) is 2.17. The lowest BCUT2D eigenvalue weighted by Crippen LogP contribution is -2.36. The van der Waals surface area contributed by atoms with Crippen LogP contribution in [0.15, 0.2) is 30.3 Å². The molecule has 1 aliphatic carbocycles. The minimum Gasteiger partial charge on any atom is -0.357 e. The van der Waals surface area contributed by atoms with E-state index in [4.69, 9.17) is 5.41 Å². The molecule has 1 aromatic rings. The summed E-state index contributed by atoms with van der Waals surface area (Å²) in [5.74, 6) is 0.664. The molecule has 1 aromatic carbocycles. The monoisotopic (exact) mass is 230 g/mol. The largest absolute Gasteiger partial charge is 0.357 e. The van der Waals surface area contributed by atoms with Crippen molar-refractivity contribution >= 4 is 5.84 Å². The first kappa shape index (κ1) is 12.2. The quantitative estimate of drug-likeness (QED) is 0.468. The average molecular weight is 230 g/mol. The van der Waals surface area contributed by atoms with E-state index in [1.807, 2.05) is 30.3 Å². The van der Waals surface area contributed by atoms with Crippen molar-refractivity contribution in [3.05, 3.63) is 35.9 Å². The molecule has 1 aliphatic rings. The highest BCUT2D eigenvalue weighted by Crippen LogP contribution is 2.22. The number of benzene rings is 1. The Morgan fingerprint density at radius 1 is 1.06 bits per heavy atom. The molecule has 0 aliphatic heterocycles. The number of hydrogen-bond donors (Lipinski definition) is 1. The van der Waals surface area contributed by atoms with Crippen molar-refractivity contribution in [2.24, 2.45) is 0 Å². The van der Waals surface area contributed by atoms with Gasteiger partial charge in [-0.2, -0.15) is 0 Å². The van der Waals surface area contributed by atoms with Crippen LogP contribution in [0.3, 0.4) is 0 Å². The van der Waals surface area contributed by atoms with Crippen LogP contribution in [-0.2, 0) is 0 Å². The van der Waals surface area contributed by atoms with Gasteiger partial charge in [-0.15, -0.1) is 0 Å². The summed E-state index contributed by atoms with van der Waals surface area (Å²) in [7, 11) is 2.07. The molecule has 0 unspecified atom stereocenters. The van der Waals surface area contributed by atoms with Gasteiger partial charge in [-0.05, 0) is 12.8 Å². The van der Waals surface area contributed by atoms with Gasteiger partial charge in [-0.3, -0.25) is 5.41 Å². The Morgan fingerprint density at radius 2 is 1.65 bits per heavy atom. The number of amidine groups is 1. The molecule has 1 fully saturated rings. The summed E-state index contributed by atoms with van der Waals surface area (Å²) >= 11 is 0. The molecule has 92 valence electrons. The molecule has 0 radical (unpaired) electrons. The lowest BCUT2D eigenvalue weighted by atomic mass is 10.1. The summed E-state index contributed by atoms with van der Waals surface area (Å²) in [6.07, 6.45) is 7.84. The van der Waals surface area contributed by atoms with Gasteiger partial charge >= 0.3 is 0 Å². The topological polar surface area (TPSA) is 27.1 Å². The van der Waals surface area contributed by atoms with E-state index in [1.54, 1.807) is 0 Å². The van der Waals surface area contributed by atoms with E-state index in [1.165, 1.54) is 38.5 Å². The molecule has 1 saturated carbocycles. The number of nitrogens with zero attached hydrogens (tertiary/aromatic N) is 1. The molecule has 0 heterocycles. The maximum absolute atomic E-state index is 8.27. The predicted molar refractivity (Wildman–Crippen MR) is 72.5 cm³/mol. The van der Waals surface area contributed by atoms with Crippen molar-refractivity contribution in [2.45, 2.75) is 44.6 Å². The zero-order chi connectivity index (χ0) is 12.1. The molecule has 1 N–H and O–H groups in total. The fourth-order valence-electron chi connectivity index (χ4n) is 2.63. The van der Waals surface area contributed by atoms with E-state index in [9.17, 15) is 0 Å². The maximum Gasteiger partial charge on any atom is 0.128 e. The highest BCUT2D eigenvalue weighted by atomic mass is 15.2. The van der Waals surface area contributed by atoms with Crippen molar-refractivity contribution < 1.29 is 0 Å². The van der Waals surface area contributed by atoms with Crippen LogP contribution >= 0.6 is 0 Å². The van der Waals surface area contributed by atoms with Crippen molar-refractivity contribution in [2.75, 3.05) is 7.05 Å². The predicted octanol–water partition coefficient (Wildman–Crippen LogP) is 3.67. The van der Waals surface area contributed by atoms with Crippen LogP contribution in [0.5, 0.6) is 0 Å². The van der Waals surface area contributed by atoms with E-state index in [-0.39, 0.29) is 0 Å². The van der Waals surface area contributed by atoms with Crippen molar-refractivity contribution in [1.82, 2.24) is 4.90 Å². The Labute approximate surface area is 104 Å². The molecule has 17 heavy (non-hydrogen) atoms. The van der Waals surface area contributed by atoms with E-state index < -0.39 is 0 Å². The Morgan fingerprint density at radius 3 is 2.24 bits per heavy atom. The first-order valence-corrected chi connectivity index (χ1v) is 6.66. The number of rotatable bonds is 2. The fraction of sp³-hybridized carbons (Fsp3) is 0.533. The van der Waals surface area contributed by atoms with Gasteiger partial charge in [0, 0.05) is 18.7 Å². The number of nitrogens with one attached hydrogen (secondary N) is 1. The van der Waals surface area contributed by atoms with E-state index in [2.05, 4.69) is 11.9 Å². The minimum absolute atomic E-state index is 0.560. The van der Waals surface area contributed by atoms with Gasteiger partial charge in [-0.1, -0.05) is 56.0 Å². The van der Waals surface area contributed by atoms with Gasteiger partial charge in [0.1, 0.15) is 5.84 Å². The molecule has 0 atom stereocenters. The number of hydrogen-bond acceptors (Lipinski definition) is 1. The standard InChI is InChI=1S/C15H22N2/c1-17(14-11-7-2-3-8-12-14)15(16)13-9-5-4-6-10-13/h4-6,9-10,14,16H,2-3,7-8,11-12H2,1H3. The van der Waals surface area contributed by atoms with Gasteiger partial charge in [0.2, 0.25) is 0 Å². The Hall–Kier alpha value is -1.31. The molecule has 2 nitrogen and oxygen atoms in total. The van der Waals surface area contributed by atoms with Crippen LogP contribution < -0.4 is 0 Å². The van der Waals surface area contributed by atoms with Crippen LogP contribution in [0.2, 0.25) is 0 Å². The first-order valence-electron chi connectivity index (χ1n) is 6.66. The summed E-state index contributed by atoms with van der Waals surface area (Å²) in [5.41, 5.74) is 1.03.